The summed E-state index contributed by atoms with van der Waals surface area (Å²) in [6, 6.07) is 6.07. The van der Waals surface area contributed by atoms with Gasteiger partial charge < -0.3 is 15.4 Å². The van der Waals surface area contributed by atoms with Crippen LogP contribution in [0.5, 0.6) is 0 Å². The van der Waals surface area contributed by atoms with E-state index in [1.807, 2.05) is 0 Å². The molecule has 0 bridgehead atoms. The standard InChI is InChI=1S/C15H16ClN3O3/c1-8-9(2)18-14(21)13(17-8)15(22)19-12(7-20)10-3-5-11(16)6-4-10/h3-6,12,20H,7H2,1-2H3,(H,18,21)(H,19,22). The number of aliphatic hydroxyl groups excluding tert-OH is 1. The molecule has 0 spiro atoms. The lowest BCUT2D eigenvalue weighted by atomic mass is 10.1. The Morgan fingerprint density at radius 2 is 2.00 bits per heavy atom. The van der Waals surface area contributed by atoms with Gasteiger partial charge in [0.05, 0.1) is 18.3 Å². The number of benzene rings is 1. The van der Waals surface area contributed by atoms with Crippen LogP contribution in [-0.4, -0.2) is 27.6 Å². The van der Waals surface area contributed by atoms with Gasteiger partial charge in [0.1, 0.15) is 0 Å². The van der Waals surface area contributed by atoms with Crippen LogP contribution in [0, 0.1) is 13.8 Å². The van der Waals surface area contributed by atoms with Crippen molar-refractivity contribution in [3.05, 3.63) is 62.3 Å². The summed E-state index contributed by atoms with van der Waals surface area (Å²) >= 11 is 5.81. The Balaban J connectivity index is 2.25. The Labute approximate surface area is 132 Å². The van der Waals surface area contributed by atoms with E-state index in [-0.39, 0.29) is 12.3 Å². The number of aryl methyl sites for hydroxylation is 2. The predicted octanol–water partition coefficient (Wildman–Crippen LogP) is 1.50. The number of carbonyl (C=O) groups is 1. The number of carbonyl (C=O) groups excluding carboxylic acids is 1. The van der Waals surface area contributed by atoms with Crippen molar-refractivity contribution in [3.63, 3.8) is 0 Å². The Bertz CT molecular complexity index is 741. The van der Waals surface area contributed by atoms with Gasteiger partial charge in [-0.2, -0.15) is 0 Å². The van der Waals surface area contributed by atoms with Gasteiger partial charge in [-0.05, 0) is 31.5 Å². The van der Waals surface area contributed by atoms with Gasteiger partial charge in [-0.3, -0.25) is 9.59 Å². The smallest absolute Gasteiger partial charge is 0.279 e. The number of H-pyrrole nitrogens is 1. The monoisotopic (exact) mass is 321 g/mol. The van der Waals surface area contributed by atoms with Crippen molar-refractivity contribution in [2.24, 2.45) is 0 Å². The summed E-state index contributed by atoms with van der Waals surface area (Å²) in [5, 5.41) is 12.6. The molecule has 116 valence electrons. The highest BCUT2D eigenvalue weighted by atomic mass is 35.5. The summed E-state index contributed by atoms with van der Waals surface area (Å²) in [5.41, 5.74) is 1.07. The number of aromatic amines is 1. The van der Waals surface area contributed by atoms with Crippen LogP contribution in [-0.2, 0) is 0 Å². The van der Waals surface area contributed by atoms with Gasteiger partial charge in [0, 0.05) is 10.7 Å². The first-order valence-corrected chi connectivity index (χ1v) is 7.05. The number of nitrogens with one attached hydrogen (secondary N) is 2. The molecule has 6 nitrogen and oxygen atoms in total. The molecule has 1 unspecified atom stereocenters. The number of aromatic nitrogens is 2. The van der Waals surface area contributed by atoms with Crippen LogP contribution in [0.3, 0.4) is 0 Å². The fourth-order valence-electron chi connectivity index (χ4n) is 1.93. The fourth-order valence-corrected chi connectivity index (χ4v) is 2.06. The molecule has 2 rings (SSSR count). The molecule has 7 heteroatoms. The molecule has 1 amide bonds. The van der Waals surface area contributed by atoms with Gasteiger partial charge in [-0.25, -0.2) is 4.98 Å². The lowest BCUT2D eigenvalue weighted by Crippen LogP contribution is -2.35. The van der Waals surface area contributed by atoms with Crippen LogP contribution >= 0.6 is 11.6 Å². The van der Waals surface area contributed by atoms with Crippen LogP contribution in [0.1, 0.15) is 33.5 Å². The van der Waals surface area contributed by atoms with Gasteiger partial charge in [-0.1, -0.05) is 23.7 Å². The molecule has 0 aliphatic carbocycles. The summed E-state index contributed by atoms with van der Waals surface area (Å²) < 4.78 is 0. The highest BCUT2D eigenvalue weighted by molar-refractivity contribution is 6.30. The molecular formula is C15H16ClN3O3. The average molecular weight is 322 g/mol. The summed E-state index contributed by atoms with van der Waals surface area (Å²) in [4.78, 5) is 30.6. The maximum atomic E-state index is 12.2. The second-order valence-corrected chi connectivity index (χ2v) is 5.32. The third-order valence-electron chi connectivity index (χ3n) is 3.31. The number of amides is 1. The van der Waals surface area contributed by atoms with E-state index in [9.17, 15) is 14.7 Å². The number of halogens is 1. The van der Waals surface area contributed by atoms with Gasteiger partial charge in [-0.15, -0.1) is 0 Å². The van der Waals surface area contributed by atoms with E-state index >= 15 is 0 Å². The molecule has 1 aromatic heterocycles. The summed E-state index contributed by atoms with van der Waals surface area (Å²) in [6.45, 7) is 3.09. The topological polar surface area (TPSA) is 95.1 Å². The highest BCUT2D eigenvalue weighted by Crippen LogP contribution is 2.16. The molecule has 1 heterocycles. The molecule has 1 aromatic carbocycles. The van der Waals surface area contributed by atoms with Crippen LogP contribution < -0.4 is 10.9 Å². The van der Waals surface area contributed by atoms with Crippen LogP contribution in [0.4, 0.5) is 0 Å². The molecule has 2 aromatic rings. The Hall–Kier alpha value is -2.18. The first kappa shape index (κ1) is 16.2. The van der Waals surface area contributed by atoms with E-state index in [0.717, 1.165) is 0 Å². The van der Waals surface area contributed by atoms with Crippen molar-refractivity contribution >= 4 is 17.5 Å². The first-order valence-electron chi connectivity index (χ1n) is 6.67. The molecule has 0 saturated heterocycles. The van der Waals surface area contributed by atoms with E-state index < -0.39 is 17.5 Å². The fraction of sp³-hybridized carbons (Fsp3) is 0.267. The molecular weight excluding hydrogens is 306 g/mol. The molecule has 22 heavy (non-hydrogen) atoms. The number of aliphatic hydroxyl groups is 1. The lowest BCUT2D eigenvalue weighted by Gasteiger charge is -2.16. The number of hydrogen-bond donors (Lipinski definition) is 3. The van der Waals surface area contributed by atoms with Crippen LogP contribution in [0.2, 0.25) is 5.02 Å². The van der Waals surface area contributed by atoms with E-state index in [2.05, 4.69) is 15.3 Å². The SMILES string of the molecule is Cc1nc(C(=O)NC(CO)c2ccc(Cl)cc2)c(=O)[nH]c1C. The number of rotatable bonds is 4. The van der Waals surface area contributed by atoms with Gasteiger partial charge >= 0.3 is 0 Å². The average Bonchev–Trinajstić information content (AvgIpc) is 2.49. The van der Waals surface area contributed by atoms with Crippen molar-refractivity contribution in [2.75, 3.05) is 6.61 Å². The summed E-state index contributed by atoms with van der Waals surface area (Å²) in [5.74, 6) is -0.640. The van der Waals surface area contributed by atoms with Gasteiger partial charge in [0.25, 0.3) is 11.5 Å². The normalized spacial score (nSPS) is 12.0. The minimum Gasteiger partial charge on any atom is -0.394 e. The van der Waals surface area contributed by atoms with Crippen LogP contribution in [0.25, 0.3) is 0 Å². The Morgan fingerprint density at radius 1 is 1.36 bits per heavy atom. The molecule has 0 radical (unpaired) electrons. The third-order valence-corrected chi connectivity index (χ3v) is 3.57. The maximum Gasteiger partial charge on any atom is 0.279 e. The van der Waals surface area contributed by atoms with Gasteiger partial charge in [0.15, 0.2) is 5.69 Å². The second kappa shape index (κ2) is 6.72. The van der Waals surface area contributed by atoms with E-state index in [1.54, 1.807) is 38.1 Å². The lowest BCUT2D eigenvalue weighted by molar-refractivity contribution is 0.0909. The number of hydrogen-bond acceptors (Lipinski definition) is 4. The van der Waals surface area contributed by atoms with E-state index in [4.69, 9.17) is 11.6 Å². The second-order valence-electron chi connectivity index (χ2n) is 4.89. The van der Waals surface area contributed by atoms with Crippen molar-refractivity contribution in [1.82, 2.24) is 15.3 Å². The Morgan fingerprint density at radius 3 is 2.59 bits per heavy atom. The summed E-state index contributed by atoms with van der Waals surface area (Å²) in [6.07, 6.45) is 0. The summed E-state index contributed by atoms with van der Waals surface area (Å²) in [7, 11) is 0. The zero-order valence-electron chi connectivity index (χ0n) is 12.2. The van der Waals surface area contributed by atoms with Crippen LogP contribution in [0.15, 0.2) is 29.1 Å². The van der Waals surface area contributed by atoms with Crippen molar-refractivity contribution in [1.29, 1.82) is 0 Å². The van der Waals surface area contributed by atoms with Crippen molar-refractivity contribution < 1.29 is 9.90 Å². The van der Waals surface area contributed by atoms with E-state index in [1.165, 1.54) is 0 Å². The largest absolute Gasteiger partial charge is 0.394 e. The van der Waals surface area contributed by atoms with E-state index in [0.29, 0.717) is 22.0 Å². The molecule has 1 atom stereocenters. The first-order chi connectivity index (χ1) is 10.4. The predicted molar refractivity (Wildman–Crippen MR) is 83.1 cm³/mol. The minimum atomic E-state index is -0.646. The van der Waals surface area contributed by atoms with Crippen molar-refractivity contribution in [2.45, 2.75) is 19.9 Å². The molecule has 3 N–H and O–H groups in total. The Kier molecular flexibility index (Phi) is 4.95. The molecule has 0 aliphatic rings. The quantitative estimate of drug-likeness (QED) is 0.795. The molecule has 0 aliphatic heterocycles. The molecule has 0 saturated carbocycles. The third kappa shape index (κ3) is 3.52. The maximum absolute atomic E-state index is 12.2. The minimum absolute atomic E-state index is 0.226. The zero-order valence-corrected chi connectivity index (χ0v) is 12.9. The number of nitrogens with zero attached hydrogens (tertiary/aromatic N) is 1. The highest BCUT2D eigenvalue weighted by Gasteiger charge is 2.19. The zero-order chi connectivity index (χ0) is 16.3. The molecule has 0 fully saturated rings. The van der Waals surface area contributed by atoms with Gasteiger partial charge in [0.2, 0.25) is 0 Å². The van der Waals surface area contributed by atoms with Crippen molar-refractivity contribution in [3.8, 4) is 0 Å².